The van der Waals surface area contributed by atoms with Crippen molar-refractivity contribution in [2.75, 3.05) is 6.54 Å². The van der Waals surface area contributed by atoms with Crippen LogP contribution in [-0.4, -0.2) is 34.9 Å². The van der Waals surface area contributed by atoms with E-state index in [-0.39, 0.29) is 6.54 Å². The molecule has 0 spiro atoms. The van der Waals surface area contributed by atoms with E-state index in [4.69, 9.17) is 5.73 Å². The van der Waals surface area contributed by atoms with Crippen LogP contribution in [0.1, 0.15) is 39.0 Å². The van der Waals surface area contributed by atoms with Crippen molar-refractivity contribution in [2.24, 2.45) is 5.73 Å². The van der Waals surface area contributed by atoms with Gasteiger partial charge < -0.3 is 16.2 Å². The largest absolute Gasteiger partial charge is 0.415 e. The molecule has 18 heavy (non-hydrogen) atoms. The summed E-state index contributed by atoms with van der Waals surface area (Å²) >= 11 is 0. The maximum atomic E-state index is 12.5. The van der Waals surface area contributed by atoms with Gasteiger partial charge in [-0.1, -0.05) is 19.3 Å². The molecular weight excluding hydrogens is 249 g/mol. The second-order valence-electron chi connectivity index (χ2n) is 5.17. The molecule has 1 amide bonds. The lowest BCUT2D eigenvalue weighted by Gasteiger charge is -2.34. The molecule has 0 heterocycles. The Morgan fingerprint density at radius 2 is 1.83 bits per heavy atom. The average Bonchev–Trinajstić information content (AvgIpc) is 2.25. The molecule has 4 N–H and O–H groups in total. The van der Waals surface area contributed by atoms with Gasteiger partial charge in [-0.25, -0.2) is 0 Å². The van der Waals surface area contributed by atoms with Gasteiger partial charge in [0.2, 0.25) is 5.91 Å². The number of aliphatic hydroxyl groups is 1. The van der Waals surface area contributed by atoms with Crippen LogP contribution in [0, 0.1) is 0 Å². The Bertz CT molecular complexity index is 310. The third-order valence-corrected chi connectivity index (χ3v) is 3.42. The summed E-state index contributed by atoms with van der Waals surface area (Å²) in [5.74, 6) is -1.31. The molecule has 7 heteroatoms. The van der Waals surface area contributed by atoms with Crippen LogP contribution in [0.3, 0.4) is 0 Å². The third kappa shape index (κ3) is 3.35. The van der Waals surface area contributed by atoms with Crippen LogP contribution >= 0.6 is 0 Å². The molecule has 0 aromatic rings. The second kappa shape index (κ2) is 5.05. The molecule has 0 bridgehead atoms. The Morgan fingerprint density at radius 1 is 1.33 bits per heavy atom. The van der Waals surface area contributed by atoms with Gasteiger partial charge in [-0.15, -0.1) is 0 Å². The summed E-state index contributed by atoms with van der Waals surface area (Å²) in [6.45, 7) is 0.432. The van der Waals surface area contributed by atoms with E-state index in [1.807, 2.05) is 0 Å². The smallest absolute Gasteiger partial charge is 0.388 e. The van der Waals surface area contributed by atoms with Gasteiger partial charge in [0.05, 0.1) is 5.60 Å². The van der Waals surface area contributed by atoms with Crippen LogP contribution in [0.25, 0.3) is 0 Å². The lowest BCUT2D eigenvalue weighted by Crippen LogP contribution is -2.62. The highest BCUT2D eigenvalue weighted by Gasteiger charge is 2.54. The number of nitrogens with two attached hydrogens (primary N) is 1. The average molecular weight is 268 g/mol. The van der Waals surface area contributed by atoms with Crippen molar-refractivity contribution in [2.45, 2.75) is 56.3 Å². The van der Waals surface area contributed by atoms with Gasteiger partial charge in [0, 0.05) is 6.54 Å². The first kappa shape index (κ1) is 15.2. The Labute approximate surface area is 104 Å². The highest BCUT2D eigenvalue weighted by molar-refractivity contribution is 5.86. The summed E-state index contributed by atoms with van der Waals surface area (Å²) in [5, 5.41) is 12.2. The van der Waals surface area contributed by atoms with Crippen LogP contribution in [-0.2, 0) is 4.79 Å². The molecule has 106 valence electrons. The predicted octanol–water partition coefficient (Wildman–Crippen LogP) is 1.08. The number of rotatable bonds is 3. The standard InChI is InChI=1S/C11H19F3N2O2/c1-9(15,11(12,13)14)8(17)16-7-10(18)5-3-2-4-6-10/h18H,2-7,15H2,1H3,(H,16,17). The summed E-state index contributed by atoms with van der Waals surface area (Å²) in [4.78, 5) is 11.4. The minimum absolute atomic E-state index is 0.186. The van der Waals surface area contributed by atoms with Crippen LogP contribution < -0.4 is 11.1 Å². The summed E-state index contributed by atoms with van der Waals surface area (Å²) in [6, 6.07) is 0. The van der Waals surface area contributed by atoms with Crippen molar-refractivity contribution in [3.63, 3.8) is 0 Å². The first-order chi connectivity index (χ1) is 8.08. The van der Waals surface area contributed by atoms with Gasteiger partial charge in [0.1, 0.15) is 0 Å². The summed E-state index contributed by atoms with van der Waals surface area (Å²) in [7, 11) is 0. The second-order valence-corrected chi connectivity index (χ2v) is 5.17. The number of alkyl halides is 3. The Hall–Kier alpha value is -0.820. The Kier molecular flexibility index (Phi) is 4.27. The summed E-state index contributed by atoms with van der Waals surface area (Å²) in [5.41, 5.74) is 0.943. The molecular formula is C11H19F3N2O2. The molecule has 0 aromatic carbocycles. The molecule has 1 aliphatic carbocycles. The maximum Gasteiger partial charge on any atom is 0.415 e. The molecule has 1 saturated carbocycles. The summed E-state index contributed by atoms with van der Waals surface area (Å²) < 4.78 is 37.5. The van der Waals surface area contributed by atoms with Gasteiger partial charge in [-0.2, -0.15) is 13.2 Å². The number of carbonyl (C=O) groups is 1. The SMILES string of the molecule is CC(N)(C(=O)NCC1(O)CCCCC1)C(F)(F)F. The highest BCUT2D eigenvalue weighted by atomic mass is 19.4. The van der Waals surface area contributed by atoms with Crippen LogP contribution in [0.4, 0.5) is 13.2 Å². The van der Waals surface area contributed by atoms with E-state index in [1.54, 1.807) is 0 Å². The van der Waals surface area contributed by atoms with Gasteiger partial charge in [0.25, 0.3) is 0 Å². The molecule has 1 aliphatic rings. The van der Waals surface area contributed by atoms with Crippen molar-refractivity contribution in [3.05, 3.63) is 0 Å². The highest BCUT2D eigenvalue weighted by Crippen LogP contribution is 2.29. The van der Waals surface area contributed by atoms with Crippen molar-refractivity contribution in [1.82, 2.24) is 5.32 Å². The quantitative estimate of drug-likeness (QED) is 0.717. The Morgan fingerprint density at radius 3 is 2.28 bits per heavy atom. The van der Waals surface area contributed by atoms with Crippen LogP contribution in [0.2, 0.25) is 0 Å². The van der Waals surface area contributed by atoms with Crippen molar-refractivity contribution in [1.29, 1.82) is 0 Å². The number of hydrogen-bond donors (Lipinski definition) is 3. The van der Waals surface area contributed by atoms with Crippen LogP contribution in [0.5, 0.6) is 0 Å². The molecule has 0 aliphatic heterocycles. The fraction of sp³-hybridized carbons (Fsp3) is 0.909. The topological polar surface area (TPSA) is 75.4 Å². The van der Waals surface area contributed by atoms with Gasteiger partial charge in [-0.05, 0) is 19.8 Å². The number of halogens is 3. The van der Waals surface area contributed by atoms with Crippen LogP contribution in [0.15, 0.2) is 0 Å². The number of nitrogens with one attached hydrogen (secondary N) is 1. The first-order valence-electron chi connectivity index (χ1n) is 5.95. The first-order valence-corrected chi connectivity index (χ1v) is 5.95. The minimum Gasteiger partial charge on any atom is -0.388 e. The van der Waals surface area contributed by atoms with Crippen molar-refractivity contribution in [3.8, 4) is 0 Å². The van der Waals surface area contributed by atoms with E-state index in [2.05, 4.69) is 5.32 Å². The zero-order valence-electron chi connectivity index (χ0n) is 10.3. The Balaban J connectivity index is 2.55. The van der Waals surface area contributed by atoms with E-state index in [0.717, 1.165) is 19.3 Å². The zero-order chi connectivity index (χ0) is 14.0. The third-order valence-electron chi connectivity index (χ3n) is 3.42. The van der Waals surface area contributed by atoms with Crippen molar-refractivity contribution >= 4 is 5.91 Å². The minimum atomic E-state index is -4.81. The number of hydrogen-bond acceptors (Lipinski definition) is 3. The molecule has 1 unspecified atom stereocenters. The van der Waals surface area contributed by atoms with Gasteiger partial charge in [-0.3, -0.25) is 4.79 Å². The lowest BCUT2D eigenvalue weighted by atomic mass is 9.84. The van der Waals surface area contributed by atoms with Crippen molar-refractivity contribution < 1.29 is 23.1 Å². The number of carbonyl (C=O) groups excluding carboxylic acids is 1. The van der Waals surface area contributed by atoms with Gasteiger partial charge >= 0.3 is 6.18 Å². The lowest BCUT2D eigenvalue weighted by molar-refractivity contribution is -0.188. The zero-order valence-corrected chi connectivity index (χ0v) is 10.3. The predicted molar refractivity (Wildman–Crippen MR) is 59.7 cm³/mol. The summed E-state index contributed by atoms with van der Waals surface area (Å²) in [6.07, 6.45) is -1.22. The molecule has 1 rings (SSSR count). The van der Waals surface area contributed by atoms with Gasteiger partial charge in [0.15, 0.2) is 5.54 Å². The molecule has 0 saturated heterocycles. The molecule has 1 atom stereocenters. The number of amides is 1. The molecule has 0 radical (unpaired) electrons. The fourth-order valence-electron chi connectivity index (χ4n) is 1.94. The molecule has 4 nitrogen and oxygen atoms in total. The van der Waals surface area contributed by atoms with E-state index < -0.39 is 23.2 Å². The fourth-order valence-corrected chi connectivity index (χ4v) is 1.94. The maximum absolute atomic E-state index is 12.5. The van der Waals surface area contributed by atoms with E-state index in [9.17, 15) is 23.1 Å². The normalized spacial score (nSPS) is 23.2. The molecule has 0 aromatic heterocycles. The monoisotopic (exact) mass is 268 g/mol. The van der Waals surface area contributed by atoms with E-state index in [1.165, 1.54) is 0 Å². The van der Waals surface area contributed by atoms with E-state index in [0.29, 0.717) is 19.8 Å². The molecule has 1 fully saturated rings. The van der Waals surface area contributed by atoms with E-state index >= 15 is 0 Å².